The monoisotopic (exact) mass is 333 g/mol. The van der Waals surface area contributed by atoms with Crippen LogP contribution in [0.25, 0.3) is 5.70 Å². The molecule has 0 spiro atoms. The van der Waals surface area contributed by atoms with Crippen LogP contribution in [0.5, 0.6) is 0 Å². The summed E-state index contributed by atoms with van der Waals surface area (Å²) in [7, 11) is 0. The van der Waals surface area contributed by atoms with E-state index in [1.807, 2.05) is 11.9 Å². The van der Waals surface area contributed by atoms with Gasteiger partial charge in [-0.2, -0.15) is 15.1 Å². The molecule has 0 saturated heterocycles. The number of Topliss-reactive ketones (excluding diaryl/α,β-unsaturated/α-hetero) is 1. The molecule has 0 atom stereocenters. The van der Waals surface area contributed by atoms with Crippen LogP contribution in [-0.2, 0) is 0 Å². The summed E-state index contributed by atoms with van der Waals surface area (Å²) in [5.74, 6) is 1.44. The molecule has 1 aromatic heterocycles. The SMILES string of the molecule is N#CC(=C=N)C(C#N)=C(C(=O)c1ccc(Cl)cc1)[n+]1ccccc1. The van der Waals surface area contributed by atoms with Gasteiger partial charge < -0.3 is 0 Å². The van der Waals surface area contributed by atoms with Gasteiger partial charge in [0.05, 0.1) is 0 Å². The van der Waals surface area contributed by atoms with Gasteiger partial charge in [-0.05, 0) is 30.1 Å². The Hall–Kier alpha value is -3.50. The smallest absolute Gasteiger partial charge is 0.278 e. The molecule has 1 aromatic carbocycles. The third-order valence-corrected chi connectivity index (χ3v) is 3.38. The Morgan fingerprint density at radius 2 is 1.67 bits per heavy atom. The van der Waals surface area contributed by atoms with Gasteiger partial charge >= 0.3 is 0 Å². The van der Waals surface area contributed by atoms with Crippen molar-refractivity contribution in [2.24, 2.45) is 0 Å². The number of aromatic nitrogens is 1. The number of benzene rings is 1. The van der Waals surface area contributed by atoms with E-state index in [9.17, 15) is 10.1 Å². The normalized spacial score (nSPS) is 10.6. The number of nitrogens with one attached hydrogen (secondary N) is 1. The second-order valence-electron chi connectivity index (χ2n) is 4.57. The molecule has 0 amide bonds. The minimum absolute atomic E-state index is 0.0308. The lowest BCUT2D eigenvalue weighted by atomic mass is 10.0. The number of allylic oxidation sites excluding steroid dienone is 3. The zero-order valence-electron chi connectivity index (χ0n) is 12.3. The molecule has 6 heteroatoms. The Morgan fingerprint density at radius 3 is 2.17 bits per heavy atom. The zero-order chi connectivity index (χ0) is 17.5. The van der Waals surface area contributed by atoms with Crippen molar-refractivity contribution in [2.75, 3.05) is 0 Å². The molecule has 0 bridgehead atoms. The van der Waals surface area contributed by atoms with E-state index in [1.165, 1.54) is 16.7 Å². The zero-order valence-corrected chi connectivity index (χ0v) is 13.1. The lowest BCUT2D eigenvalue weighted by Crippen LogP contribution is -2.37. The van der Waals surface area contributed by atoms with Gasteiger partial charge in [0.25, 0.3) is 11.5 Å². The highest BCUT2D eigenvalue weighted by atomic mass is 35.5. The van der Waals surface area contributed by atoms with E-state index in [1.54, 1.807) is 48.8 Å². The molecule has 1 heterocycles. The predicted molar refractivity (Wildman–Crippen MR) is 88.1 cm³/mol. The number of rotatable bonds is 4. The van der Waals surface area contributed by atoms with E-state index in [4.69, 9.17) is 22.3 Å². The summed E-state index contributed by atoms with van der Waals surface area (Å²) in [6.07, 6.45) is 3.17. The molecule has 0 aliphatic carbocycles. The minimum atomic E-state index is -0.470. The molecular formula is C18H10ClN4O+. The number of carbonyl (C=O) groups excluding carboxylic acids is 1. The summed E-state index contributed by atoms with van der Waals surface area (Å²) in [5, 5.41) is 26.2. The van der Waals surface area contributed by atoms with E-state index in [-0.39, 0.29) is 16.8 Å². The lowest BCUT2D eigenvalue weighted by Gasteiger charge is -2.04. The highest BCUT2D eigenvalue weighted by Gasteiger charge is 2.29. The molecular weight excluding hydrogens is 324 g/mol. The number of hydrogen-bond donors (Lipinski definition) is 1. The van der Waals surface area contributed by atoms with Gasteiger partial charge in [-0.25, -0.2) is 0 Å². The second-order valence-corrected chi connectivity index (χ2v) is 5.00. The van der Waals surface area contributed by atoms with E-state index >= 15 is 0 Å². The molecule has 114 valence electrons. The first kappa shape index (κ1) is 16.9. The van der Waals surface area contributed by atoms with Crippen LogP contribution in [0.15, 0.2) is 66.0 Å². The van der Waals surface area contributed by atoms with Gasteiger partial charge in [-0.3, -0.25) is 10.2 Å². The van der Waals surface area contributed by atoms with Crippen molar-refractivity contribution < 1.29 is 9.36 Å². The summed E-state index contributed by atoms with van der Waals surface area (Å²) in [6, 6.07) is 14.9. The topological polar surface area (TPSA) is 92.4 Å². The van der Waals surface area contributed by atoms with E-state index in [2.05, 4.69) is 0 Å². The van der Waals surface area contributed by atoms with Crippen LogP contribution < -0.4 is 4.57 Å². The van der Waals surface area contributed by atoms with Crippen LogP contribution in [-0.4, -0.2) is 11.7 Å². The lowest BCUT2D eigenvalue weighted by molar-refractivity contribution is -0.577. The first-order chi connectivity index (χ1) is 11.6. The maximum atomic E-state index is 12.9. The second kappa shape index (κ2) is 7.67. The molecule has 24 heavy (non-hydrogen) atoms. The fraction of sp³-hybridized carbons (Fsp3) is 0. The van der Waals surface area contributed by atoms with Crippen molar-refractivity contribution in [3.63, 3.8) is 0 Å². The molecule has 0 fully saturated rings. The van der Waals surface area contributed by atoms with Crippen molar-refractivity contribution >= 4 is 29.0 Å². The molecule has 2 aromatic rings. The van der Waals surface area contributed by atoms with Gasteiger partial charge in [-0.1, -0.05) is 17.7 Å². The molecule has 5 nitrogen and oxygen atoms in total. The van der Waals surface area contributed by atoms with Gasteiger partial charge in [0.15, 0.2) is 18.0 Å². The molecule has 2 rings (SSSR count). The van der Waals surface area contributed by atoms with Gasteiger partial charge in [-0.15, -0.1) is 0 Å². The summed E-state index contributed by atoms with van der Waals surface area (Å²) >= 11 is 5.84. The largest absolute Gasteiger partial charge is 0.282 e. The van der Waals surface area contributed by atoms with E-state index < -0.39 is 5.78 Å². The van der Waals surface area contributed by atoms with Crippen LogP contribution in [0.1, 0.15) is 10.4 Å². The molecule has 0 saturated carbocycles. The molecule has 0 unspecified atom stereocenters. The van der Waals surface area contributed by atoms with Crippen molar-refractivity contribution in [2.45, 2.75) is 0 Å². The number of nitrogens with zero attached hydrogens (tertiary/aromatic N) is 3. The Labute approximate surface area is 143 Å². The van der Waals surface area contributed by atoms with Crippen molar-refractivity contribution in [3.05, 3.63) is 76.6 Å². The number of halogens is 1. The van der Waals surface area contributed by atoms with Gasteiger partial charge in [0, 0.05) is 22.7 Å². The molecule has 0 aliphatic heterocycles. The van der Waals surface area contributed by atoms with Gasteiger partial charge in [0.1, 0.15) is 17.7 Å². The van der Waals surface area contributed by atoms with Crippen molar-refractivity contribution in [3.8, 4) is 12.1 Å². The van der Waals surface area contributed by atoms with Crippen LogP contribution in [0.3, 0.4) is 0 Å². The average molecular weight is 334 g/mol. The van der Waals surface area contributed by atoms with Crippen molar-refractivity contribution in [1.82, 2.24) is 0 Å². The van der Waals surface area contributed by atoms with Crippen molar-refractivity contribution in [1.29, 1.82) is 15.9 Å². The highest BCUT2D eigenvalue weighted by molar-refractivity contribution is 6.31. The number of pyridine rings is 1. The summed E-state index contributed by atoms with van der Waals surface area (Å²) in [4.78, 5) is 12.9. The first-order valence-electron chi connectivity index (χ1n) is 6.74. The first-order valence-corrected chi connectivity index (χ1v) is 7.11. The number of nitriles is 2. The predicted octanol–water partition coefficient (Wildman–Crippen LogP) is 2.94. The molecule has 0 aliphatic rings. The molecule has 0 radical (unpaired) electrons. The molecule has 1 N–H and O–H groups in total. The Bertz CT molecular complexity index is 941. The number of carbonyl (C=O) groups is 1. The quantitative estimate of drug-likeness (QED) is 0.233. The Kier molecular flexibility index (Phi) is 5.39. The third-order valence-electron chi connectivity index (χ3n) is 3.13. The van der Waals surface area contributed by atoms with E-state index in [0.717, 1.165) is 0 Å². The van der Waals surface area contributed by atoms with Gasteiger partial charge in [0.2, 0.25) is 0 Å². The maximum Gasteiger partial charge on any atom is 0.278 e. The van der Waals surface area contributed by atoms with Crippen LogP contribution in [0.4, 0.5) is 0 Å². The van der Waals surface area contributed by atoms with Crippen LogP contribution in [0, 0.1) is 28.1 Å². The average Bonchev–Trinajstić information content (AvgIpc) is 2.63. The summed E-state index contributed by atoms with van der Waals surface area (Å²) in [5.41, 5.74) is -0.257. The van der Waals surface area contributed by atoms with E-state index in [0.29, 0.717) is 10.6 Å². The fourth-order valence-corrected chi connectivity index (χ4v) is 2.15. The highest BCUT2D eigenvalue weighted by Crippen LogP contribution is 2.18. The Balaban J connectivity index is 2.76. The summed E-state index contributed by atoms with van der Waals surface area (Å²) < 4.78 is 1.43. The standard InChI is InChI=1S/C18H10ClN4O/c19-15-6-4-13(5-7-15)18(24)17(23-8-2-1-3-9-23)16(12-22)14(10-20)11-21/h1-9,20H/q+1. The summed E-state index contributed by atoms with van der Waals surface area (Å²) in [6.45, 7) is 0. The fourth-order valence-electron chi connectivity index (χ4n) is 2.02. The maximum absolute atomic E-state index is 12.9. The minimum Gasteiger partial charge on any atom is -0.282 e. The third kappa shape index (κ3) is 3.45. The van der Waals surface area contributed by atoms with Crippen LogP contribution in [0.2, 0.25) is 5.02 Å². The Morgan fingerprint density at radius 1 is 1.04 bits per heavy atom. The number of ketones is 1. The van der Waals surface area contributed by atoms with Crippen LogP contribution >= 0.6 is 11.6 Å². The number of hydrogen-bond acceptors (Lipinski definition) is 4.